The van der Waals surface area contributed by atoms with Crippen LogP contribution in [0.15, 0.2) is 5.38 Å². The van der Waals surface area contributed by atoms with Crippen LogP contribution in [0.2, 0.25) is 0 Å². The molecule has 1 aromatic heterocycles. The van der Waals surface area contributed by atoms with Crippen LogP contribution in [-0.4, -0.2) is 32.1 Å². The highest BCUT2D eigenvalue weighted by molar-refractivity contribution is 7.12. The van der Waals surface area contributed by atoms with Gasteiger partial charge in [0.2, 0.25) is 5.91 Å². The zero-order valence-electron chi connectivity index (χ0n) is 12.7. The Balaban J connectivity index is 2.23. The van der Waals surface area contributed by atoms with Crippen molar-refractivity contribution in [3.8, 4) is 0 Å². The second kappa shape index (κ2) is 6.58. The lowest BCUT2D eigenvalue weighted by Gasteiger charge is -2.35. The molecule has 0 bridgehead atoms. The minimum absolute atomic E-state index is 0.0103. The normalized spacial score (nSPS) is 21.9. The first-order valence-corrected chi connectivity index (χ1v) is 8.10. The number of methoxy groups -OCH3 is 1. The Morgan fingerprint density at radius 1 is 1.52 bits per heavy atom. The van der Waals surface area contributed by atoms with Crippen LogP contribution in [0.25, 0.3) is 0 Å². The van der Waals surface area contributed by atoms with E-state index in [9.17, 15) is 9.59 Å². The van der Waals surface area contributed by atoms with Gasteiger partial charge in [-0.15, -0.1) is 11.3 Å². The summed E-state index contributed by atoms with van der Waals surface area (Å²) in [4.78, 5) is 25.0. The fraction of sp³-hybridized carbons (Fsp3) is 0.600. The molecule has 0 spiro atoms. The number of carbonyl (C=O) groups is 2. The van der Waals surface area contributed by atoms with Crippen molar-refractivity contribution in [1.82, 2.24) is 5.32 Å². The predicted molar refractivity (Wildman–Crippen MR) is 83.9 cm³/mol. The van der Waals surface area contributed by atoms with Crippen molar-refractivity contribution in [3.63, 3.8) is 0 Å². The zero-order chi connectivity index (χ0) is 15.5. The molecule has 1 fully saturated rings. The van der Waals surface area contributed by atoms with Gasteiger partial charge in [0.1, 0.15) is 4.88 Å². The van der Waals surface area contributed by atoms with E-state index in [1.807, 2.05) is 19.2 Å². The molecule has 1 saturated heterocycles. The highest BCUT2D eigenvalue weighted by Gasteiger charge is 2.38. The van der Waals surface area contributed by atoms with Gasteiger partial charge < -0.3 is 15.4 Å². The van der Waals surface area contributed by atoms with Crippen molar-refractivity contribution in [1.29, 1.82) is 0 Å². The van der Waals surface area contributed by atoms with Crippen molar-refractivity contribution in [2.75, 3.05) is 25.5 Å². The molecule has 2 N–H and O–H groups in total. The van der Waals surface area contributed by atoms with Gasteiger partial charge in [-0.1, -0.05) is 6.92 Å². The Hall–Kier alpha value is -1.40. The molecule has 21 heavy (non-hydrogen) atoms. The molecule has 1 aliphatic heterocycles. The molecule has 2 rings (SSSR count). The average Bonchev–Trinajstić information content (AvgIpc) is 2.88. The van der Waals surface area contributed by atoms with Gasteiger partial charge in [0.25, 0.3) is 0 Å². The van der Waals surface area contributed by atoms with Gasteiger partial charge in [-0.2, -0.15) is 0 Å². The number of piperidine rings is 1. The fourth-order valence-electron chi connectivity index (χ4n) is 2.71. The van der Waals surface area contributed by atoms with Crippen molar-refractivity contribution >= 4 is 28.9 Å². The Kier molecular flexibility index (Phi) is 5.00. The molecule has 1 atom stereocenters. The van der Waals surface area contributed by atoms with Gasteiger partial charge in [0.15, 0.2) is 0 Å². The van der Waals surface area contributed by atoms with Crippen LogP contribution in [0.1, 0.15) is 41.4 Å². The third kappa shape index (κ3) is 3.11. The van der Waals surface area contributed by atoms with Crippen molar-refractivity contribution in [2.45, 2.75) is 33.1 Å². The SMILES string of the molecule is CCC1(C(=O)Nc2c(C)csc2C(=O)OC)CCCNC1. The maximum atomic E-state index is 12.7. The highest BCUT2D eigenvalue weighted by Crippen LogP contribution is 2.34. The second-order valence-electron chi connectivity index (χ2n) is 5.48. The second-order valence-corrected chi connectivity index (χ2v) is 6.36. The fourth-order valence-corrected chi connectivity index (χ4v) is 3.63. The van der Waals surface area contributed by atoms with Crippen molar-refractivity contribution < 1.29 is 14.3 Å². The number of carbonyl (C=O) groups excluding carboxylic acids is 2. The number of hydrogen-bond donors (Lipinski definition) is 2. The number of hydrogen-bond acceptors (Lipinski definition) is 5. The van der Waals surface area contributed by atoms with Crippen LogP contribution in [-0.2, 0) is 9.53 Å². The lowest BCUT2D eigenvalue weighted by Crippen LogP contribution is -2.47. The maximum Gasteiger partial charge on any atom is 0.350 e. The number of ether oxygens (including phenoxy) is 1. The largest absolute Gasteiger partial charge is 0.465 e. The van der Waals surface area contributed by atoms with Crippen LogP contribution >= 0.6 is 11.3 Å². The van der Waals surface area contributed by atoms with Gasteiger partial charge in [-0.3, -0.25) is 4.79 Å². The van der Waals surface area contributed by atoms with E-state index in [-0.39, 0.29) is 11.3 Å². The van der Waals surface area contributed by atoms with E-state index >= 15 is 0 Å². The Morgan fingerprint density at radius 3 is 2.86 bits per heavy atom. The molecule has 1 aromatic rings. The summed E-state index contributed by atoms with van der Waals surface area (Å²) in [5.41, 5.74) is 1.10. The monoisotopic (exact) mass is 310 g/mol. The summed E-state index contributed by atoms with van der Waals surface area (Å²) in [5.74, 6) is -0.417. The molecule has 0 aromatic carbocycles. The quantitative estimate of drug-likeness (QED) is 0.839. The number of amides is 1. The molecular formula is C15H22N2O3S. The first-order valence-electron chi connectivity index (χ1n) is 7.22. The maximum absolute atomic E-state index is 12.7. The molecule has 2 heterocycles. The summed E-state index contributed by atoms with van der Waals surface area (Å²) in [5, 5.41) is 8.13. The third-order valence-corrected chi connectivity index (χ3v) is 5.29. The number of anilines is 1. The lowest BCUT2D eigenvalue weighted by atomic mass is 9.77. The summed E-state index contributed by atoms with van der Waals surface area (Å²) >= 11 is 1.30. The Bertz CT molecular complexity index is 533. The van der Waals surface area contributed by atoms with Crippen LogP contribution in [0.5, 0.6) is 0 Å². The summed E-state index contributed by atoms with van der Waals surface area (Å²) in [6.07, 6.45) is 2.65. The zero-order valence-corrected chi connectivity index (χ0v) is 13.6. The Labute approximate surface area is 129 Å². The van der Waals surface area contributed by atoms with E-state index in [0.717, 1.165) is 31.4 Å². The minimum Gasteiger partial charge on any atom is -0.465 e. The van der Waals surface area contributed by atoms with Gasteiger partial charge in [-0.05, 0) is 43.7 Å². The number of esters is 1. The molecule has 116 valence electrons. The van der Waals surface area contributed by atoms with Crippen LogP contribution in [0, 0.1) is 12.3 Å². The molecule has 0 saturated carbocycles. The Morgan fingerprint density at radius 2 is 2.29 bits per heavy atom. The van der Waals surface area contributed by atoms with Crippen LogP contribution in [0.3, 0.4) is 0 Å². The molecule has 1 aliphatic rings. The molecule has 6 heteroatoms. The molecule has 0 radical (unpaired) electrons. The van der Waals surface area contributed by atoms with E-state index in [1.54, 1.807) is 0 Å². The van der Waals surface area contributed by atoms with Crippen LogP contribution in [0.4, 0.5) is 5.69 Å². The van der Waals surface area contributed by atoms with E-state index in [4.69, 9.17) is 4.74 Å². The molecular weight excluding hydrogens is 288 g/mol. The number of rotatable bonds is 4. The summed E-state index contributed by atoms with van der Waals surface area (Å²) < 4.78 is 4.78. The van der Waals surface area contributed by atoms with E-state index < -0.39 is 5.97 Å². The first-order chi connectivity index (χ1) is 10.0. The molecule has 5 nitrogen and oxygen atoms in total. The van der Waals surface area contributed by atoms with E-state index in [2.05, 4.69) is 10.6 Å². The smallest absolute Gasteiger partial charge is 0.350 e. The van der Waals surface area contributed by atoms with Crippen LogP contribution < -0.4 is 10.6 Å². The number of thiophene rings is 1. The van der Waals surface area contributed by atoms with Gasteiger partial charge in [0, 0.05) is 6.54 Å². The summed E-state index contributed by atoms with van der Waals surface area (Å²) in [6.45, 7) is 5.57. The number of aryl methyl sites for hydroxylation is 1. The molecule has 1 amide bonds. The van der Waals surface area contributed by atoms with Crippen molar-refractivity contribution in [2.24, 2.45) is 5.41 Å². The van der Waals surface area contributed by atoms with Gasteiger partial charge in [0.05, 0.1) is 18.2 Å². The average molecular weight is 310 g/mol. The minimum atomic E-state index is -0.407. The predicted octanol–water partition coefficient (Wildman–Crippen LogP) is 2.56. The summed E-state index contributed by atoms with van der Waals surface area (Å²) in [7, 11) is 1.35. The third-order valence-electron chi connectivity index (χ3n) is 4.21. The first kappa shape index (κ1) is 16.0. The van der Waals surface area contributed by atoms with Gasteiger partial charge >= 0.3 is 5.97 Å². The standard InChI is InChI=1S/C15H22N2O3S/c1-4-15(6-5-7-16-9-15)14(19)17-11-10(2)8-21-12(11)13(18)20-3/h8,16H,4-7,9H2,1-3H3,(H,17,19). The van der Waals surface area contributed by atoms with Crippen molar-refractivity contribution in [3.05, 3.63) is 15.8 Å². The van der Waals surface area contributed by atoms with E-state index in [1.165, 1.54) is 18.4 Å². The molecule has 0 aliphatic carbocycles. The summed E-state index contributed by atoms with van der Waals surface area (Å²) in [6, 6.07) is 0. The number of nitrogens with one attached hydrogen (secondary N) is 2. The van der Waals surface area contributed by atoms with Gasteiger partial charge in [-0.25, -0.2) is 4.79 Å². The lowest BCUT2D eigenvalue weighted by molar-refractivity contribution is -0.126. The molecule has 1 unspecified atom stereocenters. The van der Waals surface area contributed by atoms with E-state index in [0.29, 0.717) is 17.1 Å². The highest BCUT2D eigenvalue weighted by atomic mass is 32.1. The topological polar surface area (TPSA) is 67.4 Å².